The first-order valence-electron chi connectivity index (χ1n) is 19.9. The Morgan fingerprint density at radius 2 is 0.759 bits per heavy atom. The molecule has 0 bridgehead atoms. The van der Waals surface area contributed by atoms with Crippen molar-refractivity contribution in [3.8, 4) is 50.2 Å². The van der Waals surface area contributed by atoms with Gasteiger partial charge in [-0.3, -0.25) is 0 Å². The van der Waals surface area contributed by atoms with E-state index in [0.717, 1.165) is 49.9 Å². The Morgan fingerprint density at radius 1 is 0.293 bits per heavy atom. The van der Waals surface area contributed by atoms with Gasteiger partial charge in [-0.1, -0.05) is 164 Å². The number of para-hydroxylation sites is 3. The summed E-state index contributed by atoms with van der Waals surface area (Å²) in [5.74, 6) is 0. The zero-order valence-electron chi connectivity index (χ0n) is 31.6. The maximum Gasteiger partial charge on any atom is 0.143 e. The van der Waals surface area contributed by atoms with Gasteiger partial charge in [-0.25, -0.2) is 0 Å². The maximum atomic E-state index is 6.58. The van der Waals surface area contributed by atoms with Crippen molar-refractivity contribution < 1.29 is 4.42 Å². The average Bonchev–Trinajstić information content (AvgIpc) is 3.84. The number of rotatable bonds is 5. The van der Waals surface area contributed by atoms with Crippen LogP contribution in [0, 0.1) is 0 Å². The molecule has 58 heavy (non-hydrogen) atoms. The molecule has 2 heterocycles. The summed E-state index contributed by atoms with van der Waals surface area (Å²) in [5, 5.41) is 9.68. The Balaban J connectivity index is 1.09. The highest BCUT2D eigenvalue weighted by molar-refractivity contribution is 6.14. The van der Waals surface area contributed by atoms with Crippen molar-refractivity contribution in [2.75, 3.05) is 0 Å². The van der Waals surface area contributed by atoms with Gasteiger partial charge < -0.3 is 8.98 Å². The van der Waals surface area contributed by atoms with Gasteiger partial charge in [0.1, 0.15) is 11.2 Å². The van der Waals surface area contributed by atoms with Crippen molar-refractivity contribution in [2.45, 2.75) is 0 Å². The normalized spacial score (nSPS) is 11.8. The molecule has 0 aliphatic heterocycles. The third-order valence-electron chi connectivity index (χ3n) is 12.0. The fraction of sp³-hybridized carbons (Fsp3) is 0. The van der Waals surface area contributed by atoms with E-state index in [0.29, 0.717) is 0 Å². The van der Waals surface area contributed by atoms with E-state index in [1.165, 1.54) is 65.6 Å². The maximum absolute atomic E-state index is 6.58. The van der Waals surface area contributed by atoms with Crippen LogP contribution in [0.4, 0.5) is 0 Å². The van der Waals surface area contributed by atoms with Crippen molar-refractivity contribution in [1.82, 2.24) is 4.57 Å². The molecule has 2 nitrogen and oxygen atoms in total. The van der Waals surface area contributed by atoms with Crippen LogP contribution in [0.25, 0.3) is 115 Å². The molecule has 0 N–H and O–H groups in total. The van der Waals surface area contributed by atoms with Crippen molar-refractivity contribution >= 4 is 65.3 Å². The molecule has 12 aromatic rings. The molecule has 0 atom stereocenters. The molecule has 2 heteroatoms. The van der Waals surface area contributed by atoms with Crippen molar-refractivity contribution in [1.29, 1.82) is 0 Å². The van der Waals surface area contributed by atoms with Crippen molar-refractivity contribution in [3.63, 3.8) is 0 Å². The van der Waals surface area contributed by atoms with Gasteiger partial charge in [0.25, 0.3) is 0 Å². The summed E-state index contributed by atoms with van der Waals surface area (Å²) >= 11 is 0. The molecule has 2 aromatic heterocycles. The second-order valence-corrected chi connectivity index (χ2v) is 15.3. The van der Waals surface area contributed by atoms with Gasteiger partial charge in [0.2, 0.25) is 0 Å². The molecule has 0 aliphatic rings. The standard InChI is InChI=1S/C56H35NO/c1-3-14-38-32-40(26-24-36(38)12-1)42-28-30-53-50(34-42)51-35-43(41-27-25-37-13-2-4-15-39(37)33-41)29-31-54(51)57(53)52-22-9-7-18-46(52)44-16-5-6-17-45(44)48-20-11-21-49-47-19-8-10-23-55(47)58-56(48)49/h1-35H. The Labute approximate surface area is 335 Å². The molecule has 0 fully saturated rings. The number of furan rings is 1. The Morgan fingerprint density at radius 3 is 1.41 bits per heavy atom. The topological polar surface area (TPSA) is 18.1 Å². The van der Waals surface area contributed by atoms with Gasteiger partial charge >= 0.3 is 0 Å². The minimum absolute atomic E-state index is 0.902. The first kappa shape index (κ1) is 32.6. The molecule has 12 rings (SSSR count). The van der Waals surface area contributed by atoms with E-state index in [-0.39, 0.29) is 0 Å². The summed E-state index contributed by atoms with van der Waals surface area (Å²) in [7, 11) is 0. The molecule has 10 aromatic carbocycles. The molecular formula is C56H35NO. The predicted octanol–water partition coefficient (Wildman–Crippen LogP) is 15.7. The van der Waals surface area contributed by atoms with Crippen LogP contribution in [0.3, 0.4) is 0 Å². The fourth-order valence-electron chi connectivity index (χ4n) is 9.19. The highest BCUT2D eigenvalue weighted by Crippen LogP contribution is 2.44. The molecule has 0 aliphatic carbocycles. The first-order chi connectivity index (χ1) is 28.7. The second-order valence-electron chi connectivity index (χ2n) is 15.3. The Kier molecular flexibility index (Phi) is 7.26. The van der Waals surface area contributed by atoms with E-state index < -0.39 is 0 Å². The molecule has 0 unspecified atom stereocenters. The zero-order chi connectivity index (χ0) is 38.2. The summed E-state index contributed by atoms with van der Waals surface area (Å²) in [5.41, 5.74) is 14.6. The van der Waals surface area contributed by atoms with E-state index in [4.69, 9.17) is 4.42 Å². The number of hydrogen-bond donors (Lipinski definition) is 0. The van der Waals surface area contributed by atoms with Crippen LogP contribution in [-0.4, -0.2) is 4.57 Å². The van der Waals surface area contributed by atoms with E-state index in [9.17, 15) is 0 Å². The SMILES string of the molecule is c1ccc(-c2cccc3c2oc2ccccc23)c(-c2ccccc2-n2c3ccc(-c4ccc5ccccc5c4)cc3c3cc(-c4ccc5ccccc5c4)ccc32)c1. The average molecular weight is 738 g/mol. The molecule has 0 saturated carbocycles. The minimum Gasteiger partial charge on any atom is -0.455 e. The van der Waals surface area contributed by atoms with E-state index >= 15 is 0 Å². The highest BCUT2D eigenvalue weighted by Gasteiger charge is 2.20. The lowest BCUT2D eigenvalue weighted by atomic mass is 9.92. The zero-order valence-corrected chi connectivity index (χ0v) is 31.6. The smallest absolute Gasteiger partial charge is 0.143 e. The fourth-order valence-corrected chi connectivity index (χ4v) is 9.19. The van der Waals surface area contributed by atoms with Crippen LogP contribution in [0.1, 0.15) is 0 Å². The van der Waals surface area contributed by atoms with Crippen LogP contribution in [-0.2, 0) is 0 Å². The van der Waals surface area contributed by atoms with Gasteiger partial charge in [0.05, 0.1) is 16.7 Å². The summed E-state index contributed by atoms with van der Waals surface area (Å²) in [4.78, 5) is 0. The monoisotopic (exact) mass is 737 g/mol. The Bertz CT molecular complexity index is 3450. The van der Waals surface area contributed by atoms with E-state index in [1.54, 1.807) is 0 Å². The third kappa shape index (κ3) is 5.12. The van der Waals surface area contributed by atoms with Crippen LogP contribution in [0.15, 0.2) is 217 Å². The Hall–Kier alpha value is -7.68. The van der Waals surface area contributed by atoms with Crippen molar-refractivity contribution in [2.24, 2.45) is 0 Å². The van der Waals surface area contributed by atoms with Gasteiger partial charge in [-0.15, -0.1) is 0 Å². The summed E-state index contributed by atoms with van der Waals surface area (Å²) < 4.78 is 9.05. The molecule has 0 saturated heterocycles. The first-order valence-corrected chi connectivity index (χ1v) is 19.9. The second kappa shape index (κ2) is 12.9. The van der Waals surface area contributed by atoms with Crippen LogP contribution < -0.4 is 0 Å². The van der Waals surface area contributed by atoms with Gasteiger partial charge in [-0.05, 0) is 103 Å². The summed E-state index contributed by atoms with van der Waals surface area (Å²) in [6.07, 6.45) is 0. The quantitative estimate of drug-likeness (QED) is 0.172. The predicted molar refractivity (Wildman–Crippen MR) is 245 cm³/mol. The molecule has 0 amide bonds. The van der Waals surface area contributed by atoms with E-state index in [2.05, 4.69) is 211 Å². The lowest BCUT2D eigenvalue weighted by Crippen LogP contribution is -1.98. The number of fused-ring (bicyclic) bond motifs is 8. The molecule has 270 valence electrons. The largest absolute Gasteiger partial charge is 0.455 e. The van der Waals surface area contributed by atoms with Crippen molar-refractivity contribution in [3.05, 3.63) is 212 Å². The number of hydrogen-bond acceptors (Lipinski definition) is 1. The number of aromatic nitrogens is 1. The van der Waals surface area contributed by atoms with E-state index in [1.807, 2.05) is 6.07 Å². The van der Waals surface area contributed by atoms with Crippen LogP contribution in [0.5, 0.6) is 0 Å². The number of benzene rings is 10. The molecule has 0 spiro atoms. The van der Waals surface area contributed by atoms with Gasteiger partial charge in [0.15, 0.2) is 0 Å². The van der Waals surface area contributed by atoms with Gasteiger partial charge in [-0.2, -0.15) is 0 Å². The molecule has 0 radical (unpaired) electrons. The number of nitrogens with zero attached hydrogens (tertiary/aromatic N) is 1. The highest BCUT2D eigenvalue weighted by atomic mass is 16.3. The van der Waals surface area contributed by atoms with Crippen LogP contribution >= 0.6 is 0 Å². The molecular weight excluding hydrogens is 703 g/mol. The third-order valence-corrected chi connectivity index (χ3v) is 12.0. The summed E-state index contributed by atoms with van der Waals surface area (Å²) in [6.45, 7) is 0. The lowest BCUT2D eigenvalue weighted by Gasteiger charge is -2.17. The lowest BCUT2D eigenvalue weighted by molar-refractivity contribution is 0.670. The minimum atomic E-state index is 0.902. The van der Waals surface area contributed by atoms with Crippen LogP contribution in [0.2, 0.25) is 0 Å². The summed E-state index contributed by atoms with van der Waals surface area (Å²) in [6, 6.07) is 77.1. The van der Waals surface area contributed by atoms with Gasteiger partial charge in [0, 0.05) is 32.7 Å².